The van der Waals surface area contributed by atoms with Gasteiger partial charge in [-0.25, -0.2) is 0 Å². The van der Waals surface area contributed by atoms with Crippen molar-refractivity contribution < 1.29 is 4.74 Å². The molecule has 0 heterocycles. The largest absolute Gasteiger partial charge is 0.488 e. The molecule has 0 atom stereocenters. The van der Waals surface area contributed by atoms with Crippen LogP contribution in [0, 0.1) is 0 Å². The maximum atomic E-state index is 5.82. The summed E-state index contributed by atoms with van der Waals surface area (Å²) in [4.78, 5) is 0. The first kappa shape index (κ1) is 13.1. The molecule has 0 saturated carbocycles. The van der Waals surface area contributed by atoms with Crippen LogP contribution in [0.4, 0.5) is 0 Å². The summed E-state index contributed by atoms with van der Waals surface area (Å²) in [6.07, 6.45) is 0.884. The molecular weight excluding hydrogens is 290 g/mol. The van der Waals surface area contributed by atoms with Crippen LogP contribution >= 0.6 is 15.9 Å². The Kier molecular flexibility index (Phi) is 4.79. The molecule has 2 N–H and O–H groups in total. The van der Waals surface area contributed by atoms with E-state index < -0.39 is 0 Å². The van der Waals surface area contributed by atoms with E-state index in [1.165, 1.54) is 11.1 Å². The van der Waals surface area contributed by atoms with Crippen LogP contribution in [-0.4, -0.2) is 6.54 Å². The fourth-order valence-electron chi connectivity index (χ4n) is 1.81. The maximum absolute atomic E-state index is 5.82. The molecule has 0 spiro atoms. The van der Waals surface area contributed by atoms with Gasteiger partial charge < -0.3 is 10.5 Å². The van der Waals surface area contributed by atoms with Crippen molar-refractivity contribution >= 4 is 15.9 Å². The second-order valence-corrected chi connectivity index (χ2v) is 4.88. The fourth-order valence-corrected chi connectivity index (χ4v) is 2.21. The molecule has 0 bridgehead atoms. The Morgan fingerprint density at radius 1 is 0.944 bits per heavy atom. The quantitative estimate of drug-likeness (QED) is 0.917. The highest BCUT2D eigenvalue weighted by molar-refractivity contribution is 9.10. The molecule has 0 saturated heterocycles. The average Bonchev–Trinajstić information content (AvgIpc) is 2.40. The van der Waals surface area contributed by atoms with E-state index in [4.69, 9.17) is 10.5 Å². The molecule has 2 nitrogen and oxygen atoms in total. The highest BCUT2D eigenvalue weighted by Gasteiger charge is 2.03. The predicted molar refractivity (Wildman–Crippen MR) is 77.7 cm³/mol. The van der Waals surface area contributed by atoms with Crippen molar-refractivity contribution in [2.45, 2.75) is 13.0 Å². The molecule has 0 amide bonds. The summed E-state index contributed by atoms with van der Waals surface area (Å²) in [6.45, 7) is 1.23. The lowest BCUT2D eigenvalue weighted by Crippen LogP contribution is -2.07. The standard InChI is InChI=1S/C15H16BrNO/c16-14-7-3-4-8-15(14)18-11-13-6-2-1-5-12(13)9-10-17/h1-8H,9-11,17H2. The second kappa shape index (κ2) is 6.57. The summed E-state index contributed by atoms with van der Waals surface area (Å²) in [5.74, 6) is 0.861. The van der Waals surface area contributed by atoms with Crippen LogP contribution in [0.3, 0.4) is 0 Å². The number of ether oxygens (including phenoxy) is 1. The molecule has 0 aliphatic carbocycles. The Balaban J connectivity index is 2.08. The molecule has 0 unspecified atom stereocenters. The van der Waals surface area contributed by atoms with E-state index in [0.717, 1.165) is 16.6 Å². The molecule has 2 rings (SSSR count). The van der Waals surface area contributed by atoms with E-state index in [1.54, 1.807) is 0 Å². The molecule has 2 aromatic rings. The van der Waals surface area contributed by atoms with Gasteiger partial charge in [0.2, 0.25) is 0 Å². The van der Waals surface area contributed by atoms with Gasteiger partial charge in [0.05, 0.1) is 4.47 Å². The first-order valence-corrected chi connectivity index (χ1v) is 6.74. The third kappa shape index (κ3) is 3.34. The van der Waals surface area contributed by atoms with E-state index in [2.05, 4.69) is 28.1 Å². The Bertz CT molecular complexity index is 513. The molecule has 0 aromatic heterocycles. The van der Waals surface area contributed by atoms with Crippen molar-refractivity contribution in [1.82, 2.24) is 0 Å². The number of para-hydroxylation sites is 1. The van der Waals surface area contributed by atoms with Crippen LogP contribution in [0.5, 0.6) is 5.75 Å². The highest BCUT2D eigenvalue weighted by Crippen LogP contribution is 2.25. The van der Waals surface area contributed by atoms with Gasteiger partial charge in [-0.15, -0.1) is 0 Å². The highest BCUT2D eigenvalue weighted by atomic mass is 79.9. The first-order valence-electron chi connectivity index (χ1n) is 5.95. The number of hydrogen-bond acceptors (Lipinski definition) is 2. The van der Waals surface area contributed by atoms with Gasteiger partial charge in [-0.3, -0.25) is 0 Å². The van der Waals surface area contributed by atoms with Crippen molar-refractivity contribution in [3.05, 3.63) is 64.1 Å². The van der Waals surface area contributed by atoms with Gasteiger partial charge in [0.15, 0.2) is 0 Å². The Labute approximate surface area is 116 Å². The zero-order chi connectivity index (χ0) is 12.8. The number of hydrogen-bond donors (Lipinski definition) is 1. The minimum Gasteiger partial charge on any atom is -0.488 e. The minimum absolute atomic E-state index is 0.568. The van der Waals surface area contributed by atoms with Crippen molar-refractivity contribution in [2.75, 3.05) is 6.54 Å². The SMILES string of the molecule is NCCc1ccccc1COc1ccccc1Br. The molecule has 0 fully saturated rings. The van der Waals surface area contributed by atoms with Crippen molar-refractivity contribution in [2.24, 2.45) is 5.73 Å². The lowest BCUT2D eigenvalue weighted by molar-refractivity contribution is 0.303. The van der Waals surface area contributed by atoms with Crippen molar-refractivity contribution in [3.63, 3.8) is 0 Å². The molecule has 3 heteroatoms. The number of halogens is 1. The zero-order valence-electron chi connectivity index (χ0n) is 10.1. The minimum atomic E-state index is 0.568. The Morgan fingerprint density at radius 3 is 2.33 bits per heavy atom. The van der Waals surface area contributed by atoms with E-state index in [0.29, 0.717) is 13.2 Å². The van der Waals surface area contributed by atoms with Gasteiger partial charge in [-0.1, -0.05) is 36.4 Å². The maximum Gasteiger partial charge on any atom is 0.133 e. The summed E-state index contributed by atoms with van der Waals surface area (Å²) in [6, 6.07) is 16.1. The van der Waals surface area contributed by atoms with Gasteiger partial charge in [0, 0.05) is 0 Å². The molecule has 0 aliphatic heterocycles. The van der Waals surface area contributed by atoms with Crippen LogP contribution in [0.2, 0.25) is 0 Å². The van der Waals surface area contributed by atoms with Gasteiger partial charge in [-0.2, -0.15) is 0 Å². The van der Waals surface area contributed by atoms with Gasteiger partial charge in [0.1, 0.15) is 12.4 Å². The van der Waals surface area contributed by atoms with Crippen LogP contribution in [0.15, 0.2) is 53.0 Å². The summed E-state index contributed by atoms with van der Waals surface area (Å²) in [5.41, 5.74) is 8.06. The Morgan fingerprint density at radius 2 is 1.61 bits per heavy atom. The molecule has 0 aliphatic rings. The molecule has 94 valence electrons. The fraction of sp³-hybridized carbons (Fsp3) is 0.200. The first-order chi connectivity index (χ1) is 8.81. The van der Waals surface area contributed by atoms with E-state index in [9.17, 15) is 0 Å². The molecule has 2 aromatic carbocycles. The summed E-state index contributed by atoms with van der Waals surface area (Å²) in [5, 5.41) is 0. The third-order valence-electron chi connectivity index (χ3n) is 2.75. The van der Waals surface area contributed by atoms with Crippen LogP contribution < -0.4 is 10.5 Å². The smallest absolute Gasteiger partial charge is 0.133 e. The van der Waals surface area contributed by atoms with Gasteiger partial charge in [0.25, 0.3) is 0 Å². The summed E-state index contributed by atoms with van der Waals surface area (Å²) in [7, 11) is 0. The van der Waals surface area contributed by atoms with Gasteiger partial charge in [-0.05, 0) is 52.2 Å². The van der Waals surface area contributed by atoms with Crippen LogP contribution in [0.1, 0.15) is 11.1 Å². The average molecular weight is 306 g/mol. The van der Waals surface area contributed by atoms with Crippen LogP contribution in [-0.2, 0) is 13.0 Å². The topological polar surface area (TPSA) is 35.2 Å². The van der Waals surface area contributed by atoms with Crippen LogP contribution in [0.25, 0.3) is 0 Å². The van der Waals surface area contributed by atoms with E-state index in [-0.39, 0.29) is 0 Å². The summed E-state index contributed by atoms with van der Waals surface area (Å²) >= 11 is 3.47. The van der Waals surface area contributed by atoms with E-state index >= 15 is 0 Å². The number of nitrogens with two attached hydrogens (primary N) is 1. The Hall–Kier alpha value is -1.32. The second-order valence-electron chi connectivity index (χ2n) is 4.03. The monoisotopic (exact) mass is 305 g/mol. The lowest BCUT2D eigenvalue weighted by Gasteiger charge is -2.11. The third-order valence-corrected chi connectivity index (χ3v) is 3.41. The van der Waals surface area contributed by atoms with Crippen molar-refractivity contribution in [3.8, 4) is 5.75 Å². The zero-order valence-corrected chi connectivity index (χ0v) is 11.7. The molecular formula is C15H16BrNO. The normalized spacial score (nSPS) is 10.3. The number of benzene rings is 2. The van der Waals surface area contributed by atoms with E-state index in [1.807, 2.05) is 36.4 Å². The summed E-state index contributed by atoms with van der Waals surface area (Å²) < 4.78 is 6.80. The predicted octanol–water partition coefficient (Wildman–Crippen LogP) is 3.53. The van der Waals surface area contributed by atoms with Crippen molar-refractivity contribution in [1.29, 1.82) is 0 Å². The van der Waals surface area contributed by atoms with Gasteiger partial charge >= 0.3 is 0 Å². The molecule has 18 heavy (non-hydrogen) atoms. The lowest BCUT2D eigenvalue weighted by atomic mass is 10.1. The molecule has 0 radical (unpaired) electrons. The number of rotatable bonds is 5.